The number of halogens is 1. The van der Waals surface area contributed by atoms with E-state index in [1.807, 2.05) is 0 Å². The molecule has 0 aromatic carbocycles. The van der Waals surface area contributed by atoms with Crippen molar-refractivity contribution in [3.8, 4) is 0 Å². The van der Waals surface area contributed by atoms with Gasteiger partial charge in [0.1, 0.15) is 5.15 Å². The van der Waals surface area contributed by atoms with Gasteiger partial charge in [0.05, 0.1) is 6.26 Å². The van der Waals surface area contributed by atoms with Gasteiger partial charge < -0.3 is 5.32 Å². The van der Waals surface area contributed by atoms with Crippen molar-refractivity contribution >= 4 is 27.5 Å². The number of amides is 1. The first-order valence-corrected chi connectivity index (χ1v) is 8.46. The Morgan fingerprint density at radius 1 is 1.45 bits per heavy atom. The SMILES string of the molecule is CS(=O)(=O)N1CCC(NC(=O)c2ccnc(Cl)c2)CC1. The van der Waals surface area contributed by atoms with Gasteiger partial charge in [-0.2, -0.15) is 0 Å². The molecule has 8 heteroatoms. The Labute approximate surface area is 123 Å². The predicted octanol–water partition coefficient (Wildman–Crippen LogP) is 0.889. The average molecular weight is 318 g/mol. The van der Waals surface area contributed by atoms with Crippen LogP contribution in [0.25, 0.3) is 0 Å². The molecule has 0 unspecified atom stereocenters. The Bertz CT molecular complexity index is 598. The number of nitrogens with one attached hydrogen (secondary N) is 1. The molecule has 1 fully saturated rings. The fourth-order valence-electron chi connectivity index (χ4n) is 2.14. The summed E-state index contributed by atoms with van der Waals surface area (Å²) >= 11 is 5.74. The molecule has 20 heavy (non-hydrogen) atoms. The Kier molecular flexibility index (Phi) is 4.62. The molecule has 0 bridgehead atoms. The van der Waals surface area contributed by atoms with Crippen LogP contribution in [0.2, 0.25) is 5.15 Å². The summed E-state index contributed by atoms with van der Waals surface area (Å²) in [7, 11) is -3.14. The third kappa shape index (κ3) is 3.91. The van der Waals surface area contributed by atoms with Gasteiger partial charge in [0, 0.05) is 30.9 Å². The van der Waals surface area contributed by atoms with Gasteiger partial charge in [-0.3, -0.25) is 4.79 Å². The standard InChI is InChI=1S/C12H16ClN3O3S/c1-20(18,19)16-6-3-10(4-7-16)15-12(17)9-2-5-14-11(13)8-9/h2,5,8,10H,3-4,6-7H2,1H3,(H,15,17). The van der Waals surface area contributed by atoms with Gasteiger partial charge in [0.15, 0.2) is 0 Å². The number of piperidine rings is 1. The molecule has 1 aliphatic heterocycles. The second-order valence-electron chi connectivity index (χ2n) is 4.78. The maximum absolute atomic E-state index is 12.0. The van der Waals surface area contributed by atoms with E-state index >= 15 is 0 Å². The number of hydrogen-bond acceptors (Lipinski definition) is 4. The fraction of sp³-hybridized carbons (Fsp3) is 0.500. The number of carbonyl (C=O) groups excluding carboxylic acids is 1. The van der Waals surface area contributed by atoms with Crippen molar-refractivity contribution in [3.63, 3.8) is 0 Å². The average Bonchev–Trinajstić information content (AvgIpc) is 2.38. The Morgan fingerprint density at radius 2 is 2.10 bits per heavy atom. The molecule has 1 aromatic heterocycles. The topological polar surface area (TPSA) is 79.4 Å². The monoisotopic (exact) mass is 317 g/mol. The zero-order chi connectivity index (χ0) is 14.8. The number of rotatable bonds is 3. The fourth-order valence-corrected chi connectivity index (χ4v) is 3.19. The highest BCUT2D eigenvalue weighted by atomic mass is 35.5. The number of nitrogens with zero attached hydrogens (tertiary/aromatic N) is 2. The summed E-state index contributed by atoms with van der Waals surface area (Å²) in [4.78, 5) is 15.8. The third-order valence-corrected chi connectivity index (χ3v) is 4.76. The van der Waals surface area contributed by atoms with Gasteiger partial charge in [-0.1, -0.05) is 11.6 Å². The number of carbonyl (C=O) groups is 1. The summed E-state index contributed by atoms with van der Waals surface area (Å²) in [5, 5.41) is 3.16. The quantitative estimate of drug-likeness (QED) is 0.840. The summed E-state index contributed by atoms with van der Waals surface area (Å²) in [6.45, 7) is 0.863. The molecule has 1 N–H and O–H groups in total. The molecule has 0 radical (unpaired) electrons. The van der Waals surface area contributed by atoms with E-state index in [0.29, 0.717) is 31.5 Å². The number of hydrogen-bond donors (Lipinski definition) is 1. The predicted molar refractivity (Wildman–Crippen MR) is 76.2 cm³/mol. The molecule has 0 atom stereocenters. The summed E-state index contributed by atoms with van der Waals surface area (Å²) in [6, 6.07) is 3.07. The Balaban J connectivity index is 1.91. The van der Waals surface area contributed by atoms with E-state index in [2.05, 4.69) is 10.3 Å². The first-order valence-electron chi connectivity index (χ1n) is 6.24. The van der Waals surface area contributed by atoms with Crippen molar-refractivity contribution in [1.82, 2.24) is 14.6 Å². The highest BCUT2D eigenvalue weighted by Gasteiger charge is 2.25. The van der Waals surface area contributed by atoms with E-state index in [9.17, 15) is 13.2 Å². The number of sulfonamides is 1. The smallest absolute Gasteiger partial charge is 0.251 e. The molecule has 0 spiro atoms. The van der Waals surface area contributed by atoms with Crippen molar-refractivity contribution in [2.24, 2.45) is 0 Å². The number of pyridine rings is 1. The molecule has 6 nitrogen and oxygen atoms in total. The van der Waals surface area contributed by atoms with Crippen LogP contribution in [0, 0.1) is 0 Å². The maximum Gasteiger partial charge on any atom is 0.251 e. The van der Waals surface area contributed by atoms with Gasteiger partial charge in [0.25, 0.3) is 5.91 Å². The van der Waals surface area contributed by atoms with E-state index in [-0.39, 0.29) is 17.1 Å². The first kappa shape index (κ1) is 15.2. The van der Waals surface area contributed by atoms with Crippen molar-refractivity contribution in [3.05, 3.63) is 29.0 Å². The van der Waals surface area contributed by atoms with Crippen LogP contribution in [-0.4, -0.2) is 49.0 Å². The molecule has 0 aliphatic carbocycles. The van der Waals surface area contributed by atoms with Crippen molar-refractivity contribution in [2.75, 3.05) is 19.3 Å². The normalized spacial score (nSPS) is 17.9. The van der Waals surface area contributed by atoms with Crippen LogP contribution < -0.4 is 5.32 Å². The lowest BCUT2D eigenvalue weighted by molar-refractivity contribution is 0.0924. The minimum absolute atomic E-state index is 0.0209. The van der Waals surface area contributed by atoms with E-state index in [1.165, 1.54) is 22.8 Å². The molecular formula is C12H16ClN3O3S. The van der Waals surface area contributed by atoms with Crippen LogP contribution in [0.1, 0.15) is 23.2 Å². The van der Waals surface area contributed by atoms with Gasteiger partial charge in [-0.05, 0) is 25.0 Å². The van der Waals surface area contributed by atoms with E-state index in [1.54, 1.807) is 6.07 Å². The molecule has 110 valence electrons. The van der Waals surface area contributed by atoms with Gasteiger partial charge in [-0.15, -0.1) is 0 Å². The summed E-state index contributed by atoms with van der Waals surface area (Å²) in [6.07, 6.45) is 3.89. The Hall–Kier alpha value is -1.18. The molecule has 1 aliphatic rings. The summed E-state index contributed by atoms with van der Waals surface area (Å²) in [5.41, 5.74) is 0.454. The highest BCUT2D eigenvalue weighted by molar-refractivity contribution is 7.88. The molecular weight excluding hydrogens is 302 g/mol. The minimum Gasteiger partial charge on any atom is -0.349 e. The van der Waals surface area contributed by atoms with Crippen molar-refractivity contribution in [2.45, 2.75) is 18.9 Å². The van der Waals surface area contributed by atoms with Gasteiger partial charge >= 0.3 is 0 Å². The van der Waals surface area contributed by atoms with Crippen molar-refractivity contribution in [1.29, 1.82) is 0 Å². The van der Waals surface area contributed by atoms with Crippen LogP contribution in [0.15, 0.2) is 18.3 Å². The van der Waals surface area contributed by atoms with Crippen LogP contribution in [0.3, 0.4) is 0 Å². The molecule has 1 aromatic rings. The molecule has 1 saturated heterocycles. The summed E-state index contributed by atoms with van der Waals surface area (Å²) < 4.78 is 24.2. The van der Waals surface area contributed by atoms with E-state index in [4.69, 9.17) is 11.6 Å². The van der Waals surface area contributed by atoms with Crippen LogP contribution >= 0.6 is 11.6 Å². The maximum atomic E-state index is 12.0. The zero-order valence-corrected chi connectivity index (χ0v) is 12.6. The lowest BCUT2D eigenvalue weighted by Crippen LogP contribution is -2.46. The lowest BCUT2D eigenvalue weighted by atomic mass is 10.1. The molecule has 1 amide bonds. The molecule has 2 heterocycles. The van der Waals surface area contributed by atoms with Gasteiger partial charge in [0.2, 0.25) is 10.0 Å². The zero-order valence-electron chi connectivity index (χ0n) is 11.0. The van der Waals surface area contributed by atoms with E-state index < -0.39 is 10.0 Å². The largest absolute Gasteiger partial charge is 0.349 e. The van der Waals surface area contributed by atoms with E-state index in [0.717, 1.165) is 0 Å². The first-order chi connectivity index (χ1) is 9.36. The number of aromatic nitrogens is 1. The minimum atomic E-state index is -3.14. The summed E-state index contributed by atoms with van der Waals surface area (Å²) in [5.74, 6) is -0.216. The third-order valence-electron chi connectivity index (χ3n) is 3.25. The highest BCUT2D eigenvalue weighted by Crippen LogP contribution is 2.14. The molecule has 0 saturated carbocycles. The second kappa shape index (κ2) is 6.07. The van der Waals surface area contributed by atoms with Gasteiger partial charge in [-0.25, -0.2) is 17.7 Å². The van der Waals surface area contributed by atoms with Crippen molar-refractivity contribution < 1.29 is 13.2 Å². The second-order valence-corrected chi connectivity index (χ2v) is 7.15. The Morgan fingerprint density at radius 3 is 2.65 bits per heavy atom. The van der Waals surface area contributed by atoms with Crippen LogP contribution in [0.5, 0.6) is 0 Å². The lowest BCUT2D eigenvalue weighted by Gasteiger charge is -2.30. The van der Waals surface area contributed by atoms with Crippen LogP contribution in [0.4, 0.5) is 0 Å². The van der Waals surface area contributed by atoms with Crippen LogP contribution in [-0.2, 0) is 10.0 Å². The molecule has 2 rings (SSSR count).